The number of hydrogen-bond acceptors (Lipinski definition) is 4. The van der Waals surface area contributed by atoms with Crippen LogP contribution in [0.25, 0.3) is 16.6 Å². The van der Waals surface area contributed by atoms with Crippen molar-refractivity contribution in [2.75, 3.05) is 0 Å². The molecule has 4 aromatic rings. The van der Waals surface area contributed by atoms with Crippen LogP contribution in [-0.4, -0.2) is 29.5 Å². The summed E-state index contributed by atoms with van der Waals surface area (Å²) in [4.78, 5) is 0. The van der Waals surface area contributed by atoms with Crippen LogP contribution < -0.4 is 9.46 Å². The van der Waals surface area contributed by atoms with Gasteiger partial charge >= 0.3 is 0 Å². The van der Waals surface area contributed by atoms with E-state index in [4.69, 9.17) is 4.74 Å². The molecule has 0 spiro atoms. The molecule has 0 radical (unpaired) electrons. The second-order valence-corrected chi connectivity index (χ2v) is 10.3. The summed E-state index contributed by atoms with van der Waals surface area (Å²) in [6.07, 6.45) is 2.55. The Hall–Kier alpha value is -3.23. The molecule has 5 rings (SSSR count). The van der Waals surface area contributed by atoms with Crippen molar-refractivity contribution in [3.8, 4) is 11.4 Å². The van der Waals surface area contributed by atoms with Crippen LogP contribution in [0.5, 0.6) is 5.75 Å². The van der Waals surface area contributed by atoms with E-state index in [9.17, 15) is 12.8 Å². The summed E-state index contributed by atoms with van der Waals surface area (Å²) < 4.78 is 49.5. The standard InChI is InChI=1S/C25H24FN3O3S/c1-17(28-33(30,31)21-14-15-21)25(18-6-3-2-4-7-18)32-24-9-5-8-23-22(24)16-27-29(23)20-12-10-19(26)11-13-20/h2-13,16-17,21,25,28H,14-15H2,1H3/t17-,25+/m0/s1. The molecule has 170 valence electrons. The number of benzene rings is 3. The molecule has 33 heavy (non-hydrogen) atoms. The average Bonchev–Trinajstić information content (AvgIpc) is 3.59. The summed E-state index contributed by atoms with van der Waals surface area (Å²) in [5, 5.41) is 4.94. The maximum absolute atomic E-state index is 13.4. The molecule has 1 saturated carbocycles. The Balaban J connectivity index is 1.50. The van der Waals surface area contributed by atoms with Crippen molar-refractivity contribution in [1.29, 1.82) is 0 Å². The van der Waals surface area contributed by atoms with Crippen LogP contribution in [0.4, 0.5) is 4.39 Å². The quantitative estimate of drug-likeness (QED) is 0.407. The van der Waals surface area contributed by atoms with Crippen molar-refractivity contribution in [2.24, 2.45) is 0 Å². The number of nitrogens with zero attached hydrogens (tertiary/aromatic N) is 2. The van der Waals surface area contributed by atoms with Crippen molar-refractivity contribution in [1.82, 2.24) is 14.5 Å². The van der Waals surface area contributed by atoms with Gasteiger partial charge in [0, 0.05) is 0 Å². The molecule has 0 unspecified atom stereocenters. The van der Waals surface area contributed by atoms with E-state index in [1.54, 1.807) is 23.0 Å². The molecule has 0 aliphatic heterocycles. The van der Waals surface area contributed by atoms with Gasteiger partial charge < -0.3 is 4.74 Å². The molecule has 0 saturated heterocycles. The van der Waals surface area contributed by atoms with Gasteiger partial charge in [-0.3, -0.25) is 0 Å². The van der Waals surface area contributed by atoms with Crippen LogP contribution in [0.15, 0.2) is 79.0 Å². The van der Waals surface area contributed by atoms with Crippen LogP contribution in [0, 0.1) is 5.82 Å². The Labute approximate surface area is 192 Å². The van der Waals surface area contributed by atoms with E-state index in [-0.39, 0.29) is 11.1 Å². The summed E-state index contributed by atoms with van der Waals surface area (Å²) in [5.74, 6) is 0.278. The maximum atomic E-state index is 13.4. The fraction of sp³-hybridized carbons (Fsp3) is 0.240. The Morgan fingerprint density at radius 3 is 2.45 bits per heavy atom. The number of nitrogens with one attached hydrogen (secondary N) is 1. The number of hydrogen-bond donors (Lipinski definition) is 1. The third-order valence-corrected chi connectivity index (χ3v) is 7.84. The maximum Gasteiger partial charge on any atom is 0.214 e. The molecule has 1 heterocycles. The molecule has 3 aromatic carbocycles. The predicted molar refractivity (Wildman–Crippen MR) is 125 cm³/mol. The smallest absolute Gasteiger partial charge is 0.214 e. The first-order valence-corrected chi connectivity index (χ1v) is 12.4. The second-order valence-electron chi connectivity index (χ2n) is 8.32. The summed E-state index contributed by atoms with van der Waals surface area (Å²) in [7, 11) is -3.39. The highest BCUT2D eigenvalue weighted by molar-refractivity contribution is 7.90. The molecule has 2 atom stereocenters. The van der Waals surface area contributed by atoms with E-state index in [2.05, 4.69) is 9.82 Å². The number of fused-ring (bicyclic) bond motifs is 1. The number of rotatable bonds is 8. The molecule has 1 aromatic heterocycles. The van der Waals surface area contributed by atoms with E-state index < -0.39 is 22.2 Å². The van der Waals surface area contributed by atoms with E-state index in [0.29, 0.717) is 18.6 Å². The van der Waals surface area contributed by atoms with Gasteiger partial charge in [0.25, 0.3) is 0 Å². The van der Waals surface area contributed by atoms with Crippen LogP contribution in [0.3, 0.4) is 0 Å². The molecule has 6 nitrogen and oxygen atoms in total. The number of aromatic nitrogens is 2. The van der Waals surface area contributed by atoms with E-state index in [1.807, 2.05) is 55.5 Å². The molecule has 1 fully saturated rings. The molecular weight excluding hydrogens is 441 g/mol. The Morgan fingerprint density at radius 2 is 1.76 bits per heavy atom. The fourth-order valence-corrected chi connectivity index (χ4v) is 5.54. The predicted octanol–water partition coefficient (Wildman–Crippen LogP) is 4.76. The highest BCUT2D eigenvalue weighted by Gasteiger charge is 2.38. The SMILES string of the molecule is C[C@H](NS(=O)(=O)C1CC1)[C@@H](Oc1cccc2c1cnn2-c1ccc(F)cc1)c1ccccc1. The second kappa shape index (κ2) is 8.61. The topological polar surface area (TPSA) is 73.2 Å². The number of sulfonamides is 1. The van der Waals surface area contributed by atoms with Gasteiger partial charge in [0.1, 0.15) is 17.7 Å². The lowest BCUT2D eigenvalue weighted by atomic mass is 10.0. The lowest BCUT2D eigenvalue weighted by Gasteiger charge is -2.26. The van der Waals surface area contributed by atoms with E-state index in [1.165, 1.54) is 12.1 Å². The molecule has 8 heteroatoms. The average molecular weight is 466 g/mol. The highest BCUT2D eigenvalue weighted by atomic mass is 32.2. The van der Waals surface area contributed by atoms with Gasteiger partial charge in [-0.15, -0.1) is 0 Å². The van der Waals surface area contributed by atoms with E-state index in [0.717, 1.165) is 22.2 Å². The van der Waals surface area contributed by atoms with Crippen molar-refractivity contribution in [3.05, 3.63) is 90.4 Å². The number of halogens is 1. The van der Waals surface area contributed by atoms with Gasteiger partial charge in [0.05, 0.1) is 34.1 Å². The molecule has 0 bridgehead atoms. The molecule has 1 N–H and O–H groups in total. The summed E-state index contributed by atoms with van der Waals surface area (Å²) >= 11 is 0. The van der Waals surface area contributed by atoms with Gasteiger partial charge in [0.2, 0.25) is 10.0 Å². The Kier molecular flexibility index (Phi) is 5.64. The van der Waals surface area contributed by atoms with Crippen molar-refractivity contribution in [3.63, 3.8) is 0 Å². The van der Waals surface area contributed by atoms with Crippen LogP contribution in [-0.2, 0) is 10.0 Å². The molecule has 0 amide bonds. The molecule has 1 aliphatic carbocycles. The summed E-state index contributed by atoms with van der Waals surface area (Å²) in [6.45, 7) is 1.82. The van der Waals surface area contributed by atoms with Gasteiger partial charge in [0.15, 0.2) is 0 Å². The minimum Gasteiger partial charge on any atom is -0.483 e. The lowest BCUT2D eigenvalue weighted by molar-refractivity contribution is 0.175. The minimum atomic E-state index is -3.39. The van der Waals surface area contributed by atoms with Gasteiger partial charge in [-0.2, -0.15) is 5.10 Å². The minimum absolute atomic E-state index is 0.311. The van der Waals surface area contributed by atoms with E-state index >= 15 is 0 Å². The van der Waals surface area contributed by atoms with Crippen LogP contribution >= 0.6 is 0 Å². The fourth-order valence-electron chi connectivity index (χ4n) is 3.95. The highest BCUT2D eigenvalue weighted by Crippen LogP contribution is 2.34. The largest absolute Gasteiger partial charge is 0.483 e. The van der Waals surface area contributed by atoms with Gasteiger partial charge in [-0.1, -0.05) is 36.4 Å². The zero-order valence-electron chi connectivity index (χ0n) is 18.1. The first kappa shape index (κ1) is 21.6. The van der Waals surface area contributed by atoms with Crippen molar-refractivity contribution in [2.45, 2.75) is 37.2 Å². The summed E-state index contributed by atoms with van der Waals surface area (Å²) in [5.41, 5.74) is 2.40. The lowest BCUT2D eigenvalue weighted by Crippen LogP contribution is -2.40. The number of ether oxygens (including phenoxy) is 1. The van der Waals surface area contributed by atoms with Gasteiger partial charge in [-0.05, 0) is 61.7 Å². The summed E-state index contributed by atoms with van der Waals surface area (Å²) in [6, 6.07) is 20.8. The molecular formula is C25H24FN3O3S. The first-order valence-electron chi connectivity index (χ1n) is 10.9. The third-order valence-electron chi connectivity index (χ3n) is 5.79. The zero-order valence-corrected chi connectivity index (χ0v) is 18.9. The zero-order chi connectivity index (χ0) is 23.0. The van der Waals surface area contributed by atoms with Crippen molar-refractivity contribution >= 4 is 20.9 Å². The van der Waals surface area contributed by atoms with Crippen LogP contribution in [0.2, 0.25) is 0 Å². The monoisotopic (exact) mass is 465 g/mol. The Bertz CT molecular complexity index is 1370. The first-order chi connectivity index (χ1) is 15.9. The molecule has 1 aliphatic rings. The van der Waals surface area contributed by atoms with Crippen molar-refractivity contribution < 1.29 is 17.5 Å². The third kappa shape index (κ3) is 4.49. The van der Waals surface area contributed by atoms with Crippen LogP contribution in [0.1, 0.15) is 31.4 Å². The van der Waals surface area contributed by atoms with Gasteiger partial charge in [-0.25, -0.2) is 22.2 Å². The Morgan fingerprint density at radius 1 is 1.03 bits per heavy atom. The normalized spacial score (nSPS) is 15.9.